The molecule has 0 saturated heterocycles. The predicted molar refractivity (Wildman–Crippen MR) is 159 cm³/mol. The summed E-state index contributed by atoms with van der Waals surface area (Å²) in [5.41, 5.74) is 1.24. The summed E-state index contributed by atoms with van der Waals surface area (Å²) in [7, 11) is 1.21. The van der Waals surface area contributed by atoms with Crippen molar-refractivity contribution in [1.82, 2.24) is 9.88 Å². The van der Waals surface area contributed by atoms with Crippen molar-refractivity contribution in [3.63, 3.8) is 0 Å². The molecule has 43 heavy (non-hydrogen) atoms. The number of unbranched alkanes of at least 4 members (excludes halogenated alkanes) is 1. The first-order valence-electron chi connectivity index (χ1n) is 13.7. The van der Waals surface area contributed by atoms with Gasteiger partial charge in [0.1, 0.15) is 11.8 Å². The number of rotatable bonds is 14. The van der Waals surface area contributed by atoms with Gasteiger partial charge < -0.3 is 19.4 Å². The summed E-state index contributed by atoms with van der Waals surface area (Å²) in [5, 5.41) is 2.75. The van der Waals surface area contributed by atoms with Crippen molar-refractivity contribution in [2.75, 3.05) is 13.7 Å². The fraction of sp³-hybridized carbons (Fsp3) is 0.303. The molecule has 3 rings (SSSR count). The van der Waals surface area contributed by atoms with Gasteiger partial charge >= 0.3 is 12.1 Å². The number of hydrogen-bond acceptors (Lipinski definition) is 5. The number of ether oxygens (including phenoxy) is 2. The summed E-state index contributed by atoms with van der Waals surface area (Å²) in [4.78, 5) is 38.5. The monoisotopic (exact) mass is 596 g/mol. The molecule has 1 N–H and O–H groups in total. The summed E-state index contributed by atoms with van der Waals surface area (Å²) in [6, 6.07) is 12.0. The molecule has 0 spiro atoms. The summed E-state index contributed by atoms with van der Waals surface area (Å²) in [6.45, 7) is 9.75. The van der Waals surface area contributed by atoms with Crippen molar-refractivity contribution in [3.8, 4) is 16.9 Å². The predicted octanol–water partition coefficient (Wildman–Crippen LogP) is 6.73. The Kier molecular flexibility index (Phi) is 11.5. The molecule has 2 aromatic carbocycles. The topological polar surface area (TPSA) is 86.6 Å². The first-order chi connectivity index (χ1) is 20.5. The number of allylic oxidation sites excluding steroid dienone is 2. The van der Waals surface area contributed by atoms with Crippen LogP contribution in [0.15, 0.2) is 90.9 Å². The number of aromatic nitrogens is 1. The van der Waals surface area contributed by atoms with E-state index in [0.717, 1.165) is 40.2 Å². The van der Waals surface area contributed by atoms with Crippen LogP contribution in [0.1, 0.15) is 54.5 Å². The van der Waals surface area contributed by atoms with Gasteiger partial charge in [-0.15, -0.1) is 13.2 Å². The van der Waals surface area contributed by atoms with Crippen molar-refractivity contribution in [1.29, 1.82) is 0 Å². The zero-order valence-electron chi connectivity index (χ0n) is 24.2. The lowest BCUT2D eigenvalue weighted by molar-refractivity contribution is -0.142. The third-order valence-electron chi connectivity index (χ3n) is 6.83. The van der Waals surface area contributed by atoms with E-state index in [-0.39, 0.29) is 12.8 Å². The highest BCUT2D eigenvalue weighted by Gasteiger charge is 2.33. The molecule has 0 fully saturated rings. The molecule has 7 nitrogen and oxygen atoms in total. The number of amides is 1. The fourth-order valence-corrected chi connectivity index (χ4v) is 4.64. The lowest BCUT2D eigenvalue weighted by Crippen LogP contribution is -2.39. The number of carbonyl (C=O) groups is 2. The Bertz CT molecular complexity index is 1510. The molecule has 0 saturated carbocycles. The van der Waals surface area contributed by atoms with Crippen LogP contribution >= 0.6 is 0 Å². The zero-order valence-corrected chi connectivity index (χ0v) is 24.2. The highest BCUT2D eigenvalue weighted by molar-refractivity contribution is 5.82. The number of benzene rings is 2. The smallest absolute Gasteiger partial charge is 0.417 e. The van der Waals surface area contributed by atoms with Crippen molar-refractivity contribution in [2.24, 2.45) is 0 Å². The number of nitrogens with one attached hydrogen (secondary N) is 1. The minimum absolute atomic E-state index is 0.131. The molecule has 0 aliphatic carbocycles. The van der Waals surface area contributed by atoms with Crippen LogP contribution in [0.4, 0.5) is 13.2 Å². The molecule has 1 amide bonds. The molecule has 0 bridgehead atoms. The number of carbonyl (C=O) groups excluding carboxylic acids is 2. The Morgan fingerprint density at radius 1 is 1.07 bits per heavy atom. The largest absolute Gasteiger partial charge is 0.493 e. The quantitative estimate of drug-likeness (QED) is 0.127. The highest BCUT2D eigenvalue weighted by atomic mass is 19.4. The van der Waals surface area contributed by atoms with Gasteiger partial charge in [0.05, 0.1) is 31.7 Å². The molecule has 3 aromatic rings. The summed E-state index contributed by atoms with van der Waals surface area (Å²) >= 11 is 0. The van der Waals surface area contributed by atoms with Gasteiger partial charge in [-0.3, -0.25) is 14.4 Å². The Morgan fingerprint density at radius 2 is 1.81 bits per heavy atom. The molecule has 0 aliphatic rings. The van der Waals surface area contributed by atoms with Gasteiger partial charge in [-0.2, -0.15) is 13.2 Å². The first kappa shape index (κ1) is 32.9. The van der Waals surface area contributed by atoms with Gasteiger partial charge in [0.25, 0.3) is 5.56 Å². The average Bonchev–Trinajstić information content (AvgIpc) is 2.97. The SMILES string of the molecule is C=CCCCOc1cccc(C)c1-c1cccc([C@H](CC(=O)OC)NC(=O)[C@H](CC=C)n2cc(C(F)(F)F)ccc2=O)c1. The molecule has 1 heterocycles. The van der Waals surface area contributed by atoms with Crippen LogP contribution in [0, 0.1) is 6.92 Å². The maximum atomic E-state index is 13.6. The van der Waals surface area contributed by atoms with Crippen LogP contribution in [0.25, 0.3) is 11.1 Å². The minimum Gasteiger partial charge on any atom is -0.493 e. The molecular formula is C33H35F3N2O5. The van der Waals surface area contributed by atoms with E-state index in [9.17, 15) is 27.6 Å². The van der Waals surface area contributed by atoms with Gasteiger partial charge in [0.15, 0.2) is 0 Å². The molecule has 0 aliphatic heterocycles. The maximum Gasteiger partial charge on any atom is 0.417 e. The van der Waals surface area contributed by atoms with E-state index in [2.05, 4.69) is 18.5 Å². The molecule has 10 heteroatoms. The number of methoxy groups -OCH3 is 1. The summed E-state index contributed by atoms with van der Waals surface area (Å²) in [5.74, 6) is -0.707. The van der Waals surface area contributed by atoms with E-state index < -0.39 is 41.3 Å². The van der Waals surface area contributed by atoms with Crippen molar-refractivity contribution < 1.29 is 32.2 Å². The molecule has 2 atom stereocenters. The van der Waals surface area contributed by atoms with E-state index >= 15 is 0 Å². The van der Waals surface area contributed by atoms with Gasteiger partial charge in [0.2, 0.25) is 5.91 Å². The third kappa shape index (κ3) is 8.70. The van der Waals surface area contributed by atoms with E-state index in [4.69, 9.17) is 9.47 Å². The Morgan fingerprint density at radius 3 is 2.49 bits per heavy atom. The van der Waals surface area contributed by atoms with Crippen LogP contribution in [0.2, 0.25) is 0 Å². The van der Waals surface area contributed by atoms with Crippen LogP contribution in [-0.4, -0.2) is 30.2 Å². The number of halogens is 3. The van der Waals surface area contributed by atoms with Crippen molar-refractivity contribution in [3.05, 3.63) is 113 Å². The molecular weight excluding hydrogens is 561 g/mol. The van der Waals surface area contributed by atoms with E-state index in [0.29, 0.717) is 30.2 Å². The van der Waals surface area contributed by atoms with Gasteiger partial charge in [0, 0.05) is 17.8 Å². The average molecular weight is 597 g/mol. The molecule has 0 unspecified atom stereocenters. The van der Waals surface area contributed by atoms with Gasteiger partial charge in [-0.05, 0) is 61.1 Å². The lowest BCUT2D eigenvalue weighted by Gasteiger charge is -2.24. The van der Waals surface area contributed by atoms with Crippen molar-refractivity contribution in [2.45, 2.75) is 50.9 Å². The first-order valence-corrected chi connectivity index (χ1v) is 13.7. The Hall–Kier alpha value is -4.60. The fourth-order valence-electron chi connectivity index (χ4n) is 4.64. The van der Waals surface area contributed by atoms with E-state index in [1.54, 1.807) is 12.1 Å². The van der Waals surface area contributed by atoms with Crippen LogP contribution in [-0.2, 0) is 20.5 Å². The minimum atomic E-state index is -4.72. The number of pyridine rings is 1. The Balaban J connectivity index is 2.00. The lowest BCUT2D eigenvalue weighted by atomic mass is 9.94. The second-order valence-corrected chi connectivity index (χ2v) is 9.90. The van der Waals surface area contributed by atoms with Crippen LogP contribution in [0.3, 0.4) is 0 Å². The number of alkyl halides is 3. The molecule has 1 aromatic heterocycles. The number of nitrogens with zero attached hydrogens (tertiary/aromatic N) is 1. The Labute approximate surface area is 248 Å². The van der Waals surface area contributed by atoms with Crippen LogP contribution in [0.5, 0.6) is 5.75 Å². The molecule has 0 radical (unpaired) electrons. The second kappa shape index (κ2) is 15.0. The number of hydrogen-bond donors (Lipinski definition) is 1. The highest BCUT2D eigenvalue weighted by Crippen LogP contribution is 2.35. The van der Waals surface area contributed by atoms with Gasteiger partial charge in [-0.1, -0.05) is 42.5 Å². The second-order valence-electron chi connectivity index (χ2n) is 9.90. The van der Waals surface area contributed by atoms with E-state index in [1.807, 2.05) is 43.3 Å². The zero-order chi connectivity index (χ0) is 31.6. The number of esters is 1. The summed E-state index contributed by atoms with van der Waals surface area (Å²) < 4.78 is 51.8. The summed E-state index contributed by atoms with van der Waals surface area (Å²) in [6.07, 6.45) is 0.264. The van der Waals surface area contributed by atoms with E-state index in [1.165, 1.54) is 13.2 Å². The standard InChI is InChI=1S/C33H35F3N2O5/c1-5-7-8-18-43-28-15-9-12-22(3)31(28)24-14-10-13-23(19-24)26(20-30(40)42-4)37-32(41)27(11-6-2)38-21-25(33(34,35)36)16-17-29(38)39/h5-6,9-10,12-17,19,21,26-27H,1-2,7-8,11,18,20H2,3-4H3,(H,37,41)/t26-,27-/m0/s1. The molecule has 228 valence electrons. The number of aryl methyl sites for hydroxylation is 1. The van der Waals surface area contributed by atoms with Crippen molar-refractivity contribution >= 4 is 11.9 Å². The van der Waals surface area contributed by atoms with Gasteiger partial charge in [-0.25, -0.2) is 0 Å². The maximum absolute atomic E-state index is 13.6. The normalized spacial score (nSPS) is 12.6. The third-order valence-corrected chi connectivity index (χ3v) is 6.83. The van der Waals surface area contributed by atoms with Crippen LogP contribution < -0.4 is 15.6 Å².